The summed E-state index contributed by atoms with van der Waals surface area (Å²) in [7, 11) is -3.45. The number of aryl methyl sites for hydroxylation is 1. The molecule has 120 valence electrons. The molecule has 0 atom stereocenters. The van der Waals surface area contributed by atoms with Gasteiger partial charge in [-0.2, -0.15) is 4.31 Å². The van der Waals surface area contributed by atoms with Gasteiger partial charge in [0.05, 0.1) is 4.90 Å². The van der Waals surface area contributed by atoms with Crippen LogP contribution in [0, 0.1) is 5.92 Å². The molecular weight excluding hydrogens is 300 g/mol. The minimum Gasteiger partial charge on any atom is -0.340 e. The summed E-state index contributed by atoms with van der Waals surface area (Å²) in [5, 5.41) is 0. The molecule has 2 aliphatic rings. The second-order valence-electron chi connectivity index (χ2n) is 6.00. The molecule has 1 amide bonds. The minimum absolute atomic E-state index is 0.198. The second-order valence-corrected chi connectivity index (χ2v) is 7.94. The van der Waals surface area contributed by atoms with Crippen LogP contribution >= 0.6 is 0 Å². The van der Waals surface area contributed by atoms with Crippen molar-refractivity contribution in [1.82, 2.24) is 9.21 Å². The molecule has 1 heterocycles. The maximum absolute atomic E-state index is 12.6. The van der Waals surface area contributed by atoms with E-state index in [4.69, 9.17) is 0 Å². The predicted octanol–water partition coefficient (Wildman–Crippen LogP) is 1.49. The van der Waals surface area contributed by atoms with Gasteiger partial charge in [0, 0.05) is 32.1 Å². The van der Waals surface area contributed by atoms with E-state index >= 15 is 0 Å². The average molecular weight is 322 g/mol. The Balaban J connectivity index is 1.67. The molecule has 0 radical (unpaired) electrons. The molecular formula is C16H22N2O3S. The van der Waals surface area contributed by atoms with Gasteiger partial charge < -0.3 is 4.90 Å². The van der Waals surface area contributed by atoms with Crippen LogP contribution in [0.2, 0.25) is 0 Å². The van der Waals surface area contributed by atoms with Crippen molar-refractivity contribution in [3.63, 3.8) is 0 Å². The third-order valence-corrected chi connectivity index (χ3v) is 6.36. The summed E-state index contributed by atoms with van der Waals surface area (Å²) in [6.45, 7) is 3.81. The largest absolute Gasteiger partial charge is 0.340 e. The van der Waals surface area contributed by atoms with E-state index in [-0.39, 0.29) is 11.8 Å². The number of hydrogen-bond donors (Lipinski definition) is 0. The molecule has 0 unspecified atom stereocenters. The maximum Gasteiger partial charge on any atom is 0.243 e. The zero-order valence-corrected chi connectivity index (χ0v) is 13.7. The average Bonchev–Trinajstić information content (AvgIpc) is 3.39. The van der Waals surface area contributed by atoms with Gasteiger partial charge in [-0.05, 0) is 37.0 Å². The number of hydrogen-bond acceptors (Lipinski definition) is 3. The molecule has 0 spiro atoms. The minimum atomic E-state index is -3.45. The summed E-state index contributed by atoms with van der Waals surface area (Å²) < 4.78 is 26.8. The first kappa shape index (κ1) is 15.5. The van der Waals surface area contributed by atoms with E-state index in [2.05, 4.69) is 0 Å². The van der Waals surface area contributed by atoms with Crippen LogP contribution in [0.15, 0.2) is 29.2 Å². The van der Waals surface area contributed by atoms with Crippen LogP contribution in [0.4, 0.5) is 0 Å². The lowest BCUT2D eigenvalue weighted by Gasteiger charge is -2.34. The van der Waals surface area contributed by atoms with Crippen LogP contribution < -0.4 is 0 Å². The number of amides is 1. The first-order valence-electron chi connectivity index (χ1n) is 7.90. The van der Waals surface area contributed by atoms with Gasteiger partial charge in [0.2, 0.25) is 15.9 Å². The highest BCUT2D eigenvalue weighted by atomic mass is 32.2. The third-order valence-electron chi connectivity index (χ3n) is 4.45. The standard InChI is InChI=1S/C16H22N2O3S/c1-2-13-3-7-15(8-4-13)22(20,21)18-11-9-17(10-12-18)16(19)14-5-6-14/h3-4,7-8,14H,2,5-6,9-12H2,1H3. The Hall–Kier alpha value is -1.40. The van der Waals surface area contributed by atoms with Gasteiger partial charge in [-0.1, -0.05) is 19.1 Å². The third kappa shape index (κ3) is 3.03. The van der Waals surface area contributed by atoms with Crippen LogP contribution in [-0.2, 0) is 21.2 Å². The zero-order valence-electron chi connectivity index (χ0n) is 12.9. The summed E-state index contributed by atoms with van der Waals surface area (Å²) in [5.74, 6) is 0.397. The summed E-state index contributed by atoms with van der Waals surface area (Å²) in [6, 6.07) is 7.07. The van der Waals surface area contributed by atoms with E-state index < -0.39 is 10.0 Å². The summed E-state index contributed by atoms with van der Waals surface area (Å²) in [4.78, 5) is 14.2. The smallest absolute Gasteiger partial charge is 0.243 e. The predicted molar refractivity (Wildman–Crippen MR) is 83.9 cm³/mol. The fourth-order valence-corrected chi connectivity index (χ4v) is 4.21. The molecule has 1 aliphatic carbocycles. The second kappa shape index (κ2) is 6.01. The van der Waals surface area contributed by atoms with Crippen molar-refractivity contribution in [2.24, 2.45) is 5.92 Å². The molecule has 0 N–H and O–H groups in total. The first-order chi connectivity index (χ1) is 10.5. The number of piperazine rings is 1. The van der Waals surface area contributed by atoms with E-state index in [1.54, 1.807) is 12.1 Å². The molecule has 5 nitrogen and oxygen atoms in total. The van der Waals surface area contributed by atoms with Gasteiger partial charge in [-0.25, -0.2) is 8.42 Å². The van der Waals surface area contributed by atoms with Gasteiger partial charge >= 0.3 is 0 Å². The van der Waals surface area contributed by atoms with Crippen molar-refractivity contribution in [1.29, 1.82) is 0 Å². The number of sulfonamides is 1. The van der Waals surface area contributed by atoms with E-state index in [0.29, 0.717) is 31.1 Å². The maximum atomic E-state index is 12.6. The highest BCUT2D eigenvalue weighted by Gasteiger charge is 2.36. The lowest BCUT2D eigenvalue weighted by molar-refractivity contribution is -0.133. The van der Waals surface area contributed by atoms with Crippen LogP contribution in [0.25, 0.3) is 0 Å². The molecule has 3 rings (SSSR count). The van der Waals surface area contributed by atoms with E-state index in [1.807, 2.05) is 24.0 Å². The summed E-state index contributed by atoms with van der Waals surface area (Å²) >= 11 is 0. The number of benzene rings is 1. The van der Waals surface area contributed by atoms with Crippen molar-refractivity contribution in [3.8, 4) is 0 Å². The molecule has 2 fully saturated rings. The normalized spacial score (nSPS) is 20.1. The fourth-order valence-electron chi connectivity index (χ4n) is 2.78. The van der Waals surface area contributed by atoms with Gasteiger partial charge in [-0.3, -0.25) is 4.79 Å². The Labute approximate surface area is 132 Å². The molecule has 1 aromatic carbocycles. The molecule has 0 aromatic heterocycles. The van der Waals surface area contributed by atoms with Crippen LogP contribution in [-0.4, -0.2) is 49.7 Å². The highest BCUT2D eigenvalue weighted by molar-refractivity contribution is 7.89. The Morgan fingerprint density at radius 2 is 1.68 bits per heavy atom. The molecule has 1 aliphatic heterocycles. The number of rotatable bonds is 4. The molecule has 1 saturated carbocycles. The Bertz CT molecular complexity index is 642. The van der Waals surface area contributed by atoms with E-state index in [1.165, 1.54) is 4.31 Å². The van der Waals surface area contributed by atoms with Crippen molar-refractivity contribution < 1.29 is 13.2 Å². The Morgan fingerprint density at radius 1 is 1.09 bits per heavy atom. The molecule has 0 bridgehead atoms. The van der Waals surface area contributed by atoms with Gasteiger partial charge in [0.25, 0.3) is 0 Å². The first-order valence-corrected chi connectivity index (χ1v) is 9.34. The van der Waals surface area contributed by atoms with Crippen molar-refractivity contribution >= 4 is 15.9 Å². The lowest BCUT2D eigenvalue weighted by atomic mass is 10.2. The number of nitrogens with zero attached hydrogens (tertiary/aromatic N) is 2. The topological polar surface area (TPSA) is 57.7 Å². The Kier molecular flexibility index (Phi) is 4.23. The van der Waals surface area contributed by atoms with E-state index in [0.717, 1.165) is 24.8 Å². The van der Waals surface area contributed by atoms with Crippen molar-refractivity contribution in [2.45, 2.75) is 31.1 Å². The van der Waals surface area contributed by atoms with Gasteiger partial charge in [0.15, 0.2) is 0 Å². The molecule has 1 aromatic rings. The molecule has 22 heavy (non-hydrogen) atoms. The summed E-state index contributed by atoms with van der Waals surface area (Å²) in [5.41, 5.74) is 1.12. The summed E-state index contributed by atoms with van der Waals surface area (Å²) in [6.07, 6.45) is 2.87. The van der Waals surface area contributed by atoms with E-state index in [9.17, 15) is 13.2 Å². The monoisotopic (exact) mass is 322 g/mol. The molecule has 1 saturated heterocycles. The van der Waals surface area contributed by atoms with Crippen molar-refractivity contribution in [2.75, 3.05) is 26.2 Å². The SMILES string of the molecule is CCc1ccc(S(=O)(=O)N2CCN(C(=O)C3CC3)CC2)cc1. The van der Waals surface area contributed by atoms with Crippen LogP contribution in [0.5, 0.6) is 0 Å². The number of carbonyl (C=O) groups is 1. The number of carbonyl (C=O) groups excluding carboxylic acids is 1. The Morgan fingerprint density at radius 3 is 2.18 bits per heavy atom. The van der Waals surface area contributed by atoms with Gasteiger partial charge in [-0.15, -0.1) is 0 Å². The van der Waals surface area contributed by atoms with Crippen LogP contribution in [0.1, 0.15) is 25.3 Å². The quantitative estimate of drug-likeness (QED) is 0.844. The zero-order chi connectivity index (χ0) is 15.7. The highest BCUT2D eigenvalue weighted by Crippen LogP contribution is 2.31. The fraction of sp³-hybridized carbons (Fsp3) is 0.562. The van der Waals surface area contributed by atoms with Gasteiger partial charge in [0.1, 0.15) is 0 Å². The lowest BCUT2D eigenvalue weighted by Crippen LogP contribution is -2.50. The van der Waals surface area contributed by atoms with Crippen LogP contribution in [0.3, 0.4) is 0 Å². The van der Waals surface area contributed by atoms with Crippen molar-refractivity contribution in [3.05, 3.63) is 29.8 Å². The molecule has 6 heteroatoms.